The van der Waals surface area contributed by atoms with Crippen molar-refractivity contribution in [2.24, 2.45) is 7.05 Å². The summed E-state index contributed by atoms with van der Waals surface area (Å²) in [5.41, 5.74) is 10.2. The lowest BCUT2D eigenvalue weighted by Crippen LogP contribution is -2.25. The molecule has 2 aromatic heterocycles. The number of anilines is 1. The quantitative estimate of drug-likeness (QED) is 0.592. The van der Waals surface area contributed by atoms with Gasteiger partial charge in [-0.2, -0.15) is 0 Å². The van der Waals surface area contributed by atoms with Gasteiger partial charge in [0.05, 0.1) is 6.54 Å². The van der Waals surface area contributed by atoms with Gasteiger partial charge < -0.3 is 15.2 Å². The van der Waals surface area contributed by atoms with Crippen LogP contribution in [0.4, 0.5) is 5.82 Å². The molecular weight excluding hydrogens is 410 g/mol. The van der Waals surface area contributed by atoms with Crippen molar-refractivity contribution in [2.45, 2.75) is 25.9 Å². The van der Waals surface area contributed by atoms with Crippen LogP contribution in [0.3, 0.4) is 0 Å². The number of aryl methyl sites for hydroxylation is 1. The summed E-state index contributed by atoms with van der Waals surface area (Å²) in [6.45, 7) is 3.58. The van der Waals surface area contributed by atoms with Crippen LogP contribution in [0.25, 0.3) is 17.0 Å². The first-order valence-electron chi connectivity index (χ1n) is 10.4. The number of amides is 1. The van der Waals surface area contributed by atoms with Crippen LogP contribution in [-0.4, -0.2) is 45.4 Å². The van der Waals surface area contributed by atoms with Crippen LogP contribution in [0.2, 0.25) is 0 Å². The lowest BCUT2D eigenvalue weighted by atomic mass is 10.1. The summed E-state index contributed by atoms with van der Waals surface area (Å²) in [6.07, 6.45) is 7.63. The molecule has 0 bridgehead atoms. The number of carbonyl (C=O) groups is 1. The minimum atomic E-state index is -0.0434. The average Bonchev–Trinajstić information content (AvgIpc) is 3.37. The fourth-order valence-electron chi connectivity index (χ4n) is 4.05. The second-order valence-electron chi connectivity index (χ2n) is 8.08. The molecule has 1 aromatic carbocycles. The molecule has 6 nitrogen and oxygen atoms in total. The van der Waals surface area contributed by atoms with Gasteiger partial charge in [-0.3, -0.25) is 9.69 Å². The van der Waals surface area contributed by atoms with Crippen LogP contribution in [0, 0.1) is 0 Å². The zero-order chi connectivity index (χ0) is 21.1. The Kier molecular flexibility index (Phi) is 7.36. The summed E-state index contributed by atoms with van der Waals surface area (Å²) in [7, 11) is 3.86. The maximum absolute atomic E-state index is 12.7. The molecule has 1 aliphatic heterocycles. The number of fused-ring (bicyclic) bond motifs is 1. The van der Waals surface area contributed by atoms with Crippen LogP contribution < -0.4 is 5.73 Å². The molecular formula is C24H30ClN5O. The molecule has 4 rings (SSSR count). The molecule has 164 valence electrons. The average molecular weight is 440 g/mol. The number of benzene rings is 1. The number of carbonyl (C=O) groups excluding carboxylic acids is 1. The van der Waals surface area contributed by atoms with Gasteiger partial charge in [0, 0.05) is 49.7 Å². The lowest BCUT2D eigenvalue weighted by Gasteiger charge is -2.16. The van der Waals surface area contributed by atoms with Gasteiger partial charge in [0.1, 0.15) is 5.82 Å². The topological polar surface area (TPSA) is 67.4 Å². The van der Waals surface area contributed by atoms with E-state index in [0.717, 1.165) is 36.5 Å². The molecule has 0 aliphatic carbocycles. The molecule has 3 aromatic rings. The second-order valence-corrected chi connectivity index (χ2v) is 8.08. The minimum Gasteiger partial charge on any atom is -0.383 e. The summed E-state index contributed by atoms with van der Waals surface area (Å²) in [5, 5.41) is 1.19. The Labute approximate surface area is 189 Å². The van der Waals surface area contributed by atoms with Crippen LogP contribution in [-0.2, 0) is 24.9 Å². The Bertz CT molecular complexity index is 1080. The molecule has 2 N–H and O–H groups in total. The maximum Gasteiger partial charge on any atom is 0.246 e. The van der Waals surface area contributed by atoms with Gasteiger partial charge in [-0.05, 0) is 61.2 Å². The number of nitrogens with two attached hydrogens (primary N) is 1. The first kappa shape index (κ1) is 22.8. The highest BCUT2D eigenvalue weighted by atomic mass is 35.5. The number of rotatable bonds is 6. The fraction of sp³-hybridized carbons (Fsp3) is 0.333. The van der Waals surface area contributed by atoms with Crippen LogP contribution in [0.1, 0.15) is 29.7 Å². The molecule has 0 spiro atoms. The maximum atomic E-state index is 12.7. The molecule has 1 aliphatic rings. The Morgan fingerprint density at radius 3 is 2.71 bits per heavy atom. The Morgan fingerprint density at radius 1 is 1.23 bits per heavy atom. The van der Waals surface area contributed by atoms with Gasteiger partial charge in [-0.25, -0.2) is 4.98 Å². The van der Waals surface area contributed by atoms with Crippen molar-refractivity contribution < 1.29 is 4.79 Å². The highest BCUT2D eigenvalue weighted by Crippen LogP contribution is 2.20. The molecule has 1 saturated heterocycles. The molecule has 0 saturated carbocycles. The van der Waals surface area contributed by atoms with Crippen LogP contribution >= 0.6 is 12.4 Å². The van der Waals surface area contributed by atoms with Crippen molar-refractivity contribution in [3.63, 3.8) is 0 Å². The fourth-order valence-corrected chi connectivity index (χ4v) is 4.05. The number of hydrogen-bond acceptors (Lipinski definition) is 4. The van der Waals surface area contributed by atoms with E-state index in [0.29, 0.717) is 12.4 Å². The molecule has 31 heavy (non-hydrogen) atoms. The van der Waals surface area contributed by atoms with Crippen LogP contribution in [0.15, 0.2) is 48.7 Å². The van der Waals surface area contributed by atoms with E-state index < -0.39 is 0 Å². The van der Waals surface area contributed by atoms with Crippen molar-refractivity contribution in [1.29, 1.82) is 0 Å². The molecule has 1 fully saturated rings. The second kappa shape index (κ2) is 9.98. The number of hydrogen-bond donors (Lipinski definition) is 1. The standard InChI is InChI=1S/C24H29N5O.ClH/c1-27(17-21-14-19-7-3-4-8-22(19)28(21)2)23(30)10-9-18-13-20(24(25)26-15-18)16-29-11-5-6-12-29;/h3-4,7-10,13-15H,5-6,11-12,16-17H2,1-2H3,(H2,25,26);1H/b10-9+;. The van der Waals surface area contributed by atoms with E-state index in [-0.39, 0.29) is 18.3 Å². The molecule has 0 atom stereocenters. The van der Waals surface area contributed by atoms with Crippen molar-refractivity contribution in [2.75, 3.05) is 25.9 Å². The minimum absolute atomic E-state index is 0. The van der Waals surface area contributed by atoms with E-state index in [1.165, 1.54) is 23.7 Å². The van der Waals surface area contributed by atoms with E-state index in [1.807, 2.05) is 38.4 Å². The SMILES string of the molecule is CN(Cc1cc2ccccc2n1C)C(=O)/C=C/c1cnc(N)c(CN2CCCC2)c1.Cl. The lowest BCUT2D eigenvalue weighted by molar-refractivity contribution is -0.125. The summed E-state index contributed by atoms with van der Waals surface area (Å²) in [6, 6.07) is 12.4. The third-order valence-corrected chi connectivity index (χ3v) is 5.86. The van der Waals surface area contributed by atoms with Gasteiger partial charge in [-0.1, -0.05) is 18.2 Å². The number of likely N-dealkylation sites (N-methyl/N-ethyl adjacent to an activating group) is 1. The smallest absolute Gasteiger partial charge is 0.246 e. The number of nitrogens with zero attached hydrogens (tertiary/aromatic N) is 4. The van der Waals surface area contributed by atoms with Crippen molar-refractivity contribution in [3.05, 3.63) is 65.5 Å². The van der Waals surface area contributed by atoms with E-state index in [2.05, 4.69) is 32.7 Å². The molecule has 0 unspecified atom stereocenters. The van der Waals surface area contributed by atoms with E-state index in [1.54, 1.807) is 17.2 Å². The van der Waals surface area contributed by atoms with Crippen molar-refractivity contribution in [1.82, 2.24) is 19.4 Å². The number of likely N-dealkylation sites (tertiary alicyclic amines) is 1. The largest absolute Gasteiger partial charge is 0.383 e. The number of nitrogen functional groups attached to an aromatic ring is 1. The third-order valence-electron chi connectivity index (χ3n) is 5.86. The Hall–Kier alpha value is -2.83. The van der Waals surface area contributed by atoms with E-state index in [9.17, 15) is 4.79 Å². The third kappa shape index (κ3) is 5.27. The van der Waals surface area contributed by atoms with Crippen molar-refractivity contribution in [3.8, 4) is 0 Å². The summed E-state index contributed by atoms with van der Waals surface area (Å²) in [4.78, 5) is 21.1. The first-order valence-corrected chi connectivity index (χ1v) is 10.4. The van der Waals surface area contributed by atoms with E-state index >= 15 is 0 Å². The summed E-state index contributed by atoms with van der Waals surface area (Å²) >= 11 is 0. The van der Waals surface area contributed by atoms with Gasteiger partial charge in [0.15, 0.2) is 0 Å². The number of pyridine rings is 1. The molecule has 0 radical (unpaired) electrons. The molecule has 3 heterocycles. The number of para-hydroxylation sites is 1. The number of halogens is 1. The normalized spacial score (nSPS) is 14.3. The van der Waals surface area contributed by atoms with Gasteiger partial charge >= 0.3 is 0 Å². The van der Waals surface area contributed by atoms with Gasteiger partial charge in [0.2, 0.25) is 5.91 Å². The highest BCUT2D eigenvalue weighted by Gasteiger charge is 2.14. The van der Waals surface area contributed by atoms with Crippen molar-refractivity contribution >= 4 is 41.1 Å². The van der Waals surface area contributed by atoms with Gasteiger partial charge in [0.25, 0.3) is 0 Å². The van der Waals surface area contributed by atoms with E-state index in [4.69, 9.17) is 5.73 Å². The molecule has 7 heteroatoms. The zero-order valence-electron chi connectivity index (χ0n) is 18.1. The predicted molar refractivity (Wildman–Crippen MR) is 129 cm³/mol. The number of aromatic nitrogens is 2. The highest BCUT2D eigenvalue weighted by molar-refractivity contribution is 5.91. The van der Waals surface area contributed by atoms with Gasteiger partial charge in [-0.15, -0.1) is 12.4 Å². The monoisotopic (exact) mass is 439 g/mol. The zero-order valence-corrected chi connectivity index (χ0v) is 18.9. The summed E-state index contributed by atoms with van der Waals surface area (Å²) < 4.78 is 2.14. The first-order chi connectivity index (χ1) is 14.5. The Balaban J connectivity index is 0.00000272. The van der Waals surface area contributed by atoms with Crippen LogP contribution in [0.5, 0.6) is 0 Å². The molecule has 1 amide bonds. The summed E-state index contributed by atoms with van der Waals surface area (Å²) in [5.74, 6) is 0.524. The predicted octanol–water partition coefficient (Wildman–Crippen LogP) is 3.84. The Morgan fingerprint density at radius 2 is 1.97 bits per heavy atom.